The van der Waals surface area contributed by atoms with Gasteiger partial charge in [-0.1, -0.05) is 0 Å². The molecule has 0 spiro atoms. The number of benzene rings is 1. The number of ether oxygens (including phenoxy) is 1. The predicted molar refractivity (Wildman–Crippen MR) is 66.2 cm³/mol. The van der Waals surface area contributed by atoms with Gasteiger partial charge in [0.15, 0.2) is 0 Å². The molecule has 1 aliphatic heterocycles. The van der Waals surface area contributed by atoms with Crippen molar-refractivity contribution in [2.75, 3.05) is 31.7 Å². The first-order chi connectivity index (χ1) is 8.22. The summed E-state index contributed by atoms with van der Waals surface area (Å²) in [6.45, 7) is 1.36. The molecule has 3 nitrogen and oxygen atoms in total. The van der Waals surface area contributed by atoms with E-state index in [-0.39, 0.29) is 11.5 Å². The highest BCUT2D eigenvalue weighted by Gasteiger charge is 2.21. The Balaban J connectivity index is 2.22. The largest absolute Gasteiger partial charge is 0.497 e. The Morgan fingerprint density at radius 2 is 2.12 bits per heavy atom. The highest BCUT2D eigenvalue weighted by molar-refractivity contribution is 7.99. The number of rotatable bonds is 2. The molecule has 0 N–H and O–H groups in total. The average molecular weight is 255 g/mol. The molecular weight excluding hydrogens is 241 g/mol. The summed E-state index contributed by atoms with van der Waals surface area (Å²) in [6, 6.07) is 4.24. The zero-order chi connectivity index (χ0) is 12.3. The maximum atomic E-state index is 13.6. The van der Waals surface area contributed by atoms with Gasteiger partial charge in [-0.05, 0) is 18.2 Å². The van der Waals surface area contributed by atoms with Crippen LogP contribution >= 0.6 is 11.8 Å². The molecule has 2 rings (SSSR count). The van der Waals surface area contributed by atoms with Crippen LogP contribution in [0.3, 0.4) is 0 Å². The monoisotopic (exact) mass is 255 g/mol. The van der Waals surface area contributed by atoms with E-state index < -0.39 is 5.82 Å². The van der Waals surface area contributed by atoms with Crippen LogP contribution in [0, 0.1) is 5.82 Å². The van der Waals surface area contributed by atoms with Gasteiger partial charge in [-0.3, -0.25) is 4.79 Å². The minimum Gasteiger partial charge on any atom is -0.497 e. The van der Waals surface area contributed by atoms with Crippen LogP contribution in [-0.4, -0.2) is 42.5 Å². The van der Waals surface area contributed by atoms with Crippen LogP contribution in [-0.2, 0) is 0 Å². The van der Waals surface area contributed by atoms with Gasteiger partial charge in [0.05, 0.1) is 12.7 Å². The van der Waals surface area contributed by atoms with Gasteiger partial charge < -0.3 is 9.64 Å². The molecule has 1 aliphatic rings. The minimum atomic E-state index is -0.492. The third-order valence-corrected chi connectivity index (χ3v) is 3.64. The summed E-state index contributed by atoms with van der Waals surface area (Å²) in [5, 5.41) is 0. The van der Waals surface area contributed by atoms with E-state index in [1.165, 1.54) is 25.3 Å². The smallest absolute Gasteiger partial charge is 0.257 e. The first-order valence-electron chi connectivity index (χ1n) is 5.43. The standard InChI is InChI=1S/C12H14FNO2S/c1-16-9-2-3-11(13)10(8-9)12(15)14-4-6-17-7-5-14/h2-3,8H,4-7H2,1H3. The van der Waals surface area contributed by atoms with E-state index in [1.54, 1.807) is 4.90 Å². The molecule has 0 unspecified atom stereocenters. The molecule has 17 heavy (non-hydrogen) atoms. The van der Waals surface area contributed by atoms with Gasteiger partial charge in [-0.2, -0.15) is 11.8 Å². The first kappa shape index (κ1) is 12.2. The molecule has 5 heteroatoms. The fraction of sp³-hybridized carbons (Fsp3) is 0.417. The molecule has 92 valence electrons. The topological polar surface area (TPSA) is 29.5 Å². The fourth-order valence-corrected chi connectivity index (χ4v) is 2.64. The van der Waals surface area contributed by atoms with Gasteiger partial charge >= 0.3 is 0 Å². The Hall–Kier alpha value is -1.23. The van der Waals surface area contributed by atoms with Gasteiger partial charge in [0.1, 0.15) is 11.6 Å². The lowest BCUT2D eigenvalue weighted by atomic mass is 10.1. The Morgan fingerprint density at radius 3 is 2.76 bits per heavy atom. The van der Waals surface area contributed by atoms with Crippen molar-refractivity contribution >= 4 is 17.7 Å². The molecule has 1 fully saturated rings. The van der Waals surface area contributed by atoms with Crippen molar-refractivity contribution in [3.8, 4) is 5.75 Å². The molecule has 1 heterocycles. The van der Waals surface area contributed by atoms with Crippen molar-refractivity contribution in [2.45, 2.75) is 0 Å². The molecule has 1 amide bonds. The van der Waals surface area contributed by atoms with Crippen LogP contribution < -0.4 is 4.74 Å². The maximum Gasteiger partial charge on any atom is 0.257 e. The summed E-state index contributed by atoms with van der Waals surface area (Å²) in [7, 11) is 1.50. The number of amides is 1. The van der Waals surface area contributed by atoms with Crippen LogP contribution in [0.1, 0.15) is 10.4 Å². The number of hydrogen-bond donors (Lipinski definition) is 0. The van der Waals surface area contributed by atoms with Gasteiger partial charge in [0, 0.05) is 24.6 Å². The van der Waals surface area contributed by atoms with Crippen molar-refractivity contribution in [3.05, 3.63) is 29.6 Å². The van der Waals surface area contributed by atoms with E-state index in [0.29, 0.717) is 18.8 Å². The van der Waals surface area contributed by atoms with E-state index in [0.717, 1.165) is 11.5 Å². The van der Waals surface area contributed by atoms with Crippen molar-refractivity contribution in [1.82, 2.24) is 4.90 Å². The molecule has 0 radical (unpaired) electrons. The molecule has 0 bridgehead atoms. The Morgan fingerprint density at radius 1 is 1.41 bits per heavy atom. The van der Waals surface area contributed by atoms with Gasteiger partial charge in [0.25, 0.3) is 5.91 Å². The van der Waals surface area contributed by atoms with E-state index >= 15 is 0 Å². The van der Waals surface area contributed by atoms with E-state index in [1.807, 2.05) is 11.8 Å². The fourth-order valence-electron chi connectivity index (χ4n) is 1.73. The normalized spacial score (nSPS) is 15.8. The van der Waals surface area contributed by atoms with Gasteiger partial charge in [-0.25, -0.2) is 4.39 Å². The summed E-state index contributed by atoms with van der Waals surface area (Å²) in [5.41, 5.74) is 0.0938. The zero-order valence-electron chi connectivity index (χ0n) is 9.61. The first-order valence-corrected chi connectivity index (χ1v) is 6.58. The molecule has 0 saturated carbocycles. The second-order valence-electron chi connectivity index (χ2n) is 3.75. The number of methoxy groups -OCH3 is 1. The van der Waals surface area contributed by atoms with Crippen molar-refractivity contribution in [2.24, 2.45) is 0 Å². The zero-order valence-corrected chi connectivity index (χ0v) is 10.4. The second kappa shape index (κ2) is 5.40. The van der Waals surface area contributed by atoms with E-state index in [9.17, 15) is 9.18 Å². The number of hydrogen-bond acceptors (Lipinski definition) is 3. The SMILES string of the molecule is COc1ccc(F)c(C(=O)N2CCSCC2)c1. The summed E-state index contributed by atoms with van der Waals surface area (Å²) in [6.07, 6.45) is 0. The summed E-state index contributed by atoms with van der Waals surface area (Å²) in [5.74, 6) is 1.59. The number of thioether (sulfide) groups is 1. The second-order valence-corrected chi connectivity index (χ2v) is 4.98. The van der Waals surface area contributed by atoms with Crippen molar-refractivity contribution in [1.29, 1.82) is 0 Å². The van der Waals surface area contributed by atoms with Crippen LogP contribution in [0.15, 0.2) is 18.2 Å². The summed E-state index contributed by atoms with van der Waals surface area (Å²) in [4.78, 5) is 13.8. The Kier molecular flexibility index (Phi) is 3.89. The lowest BCUT2D eigenvalue weighted by Crippen LogP contribution is -2.38. The van der Waals surface area contributed by atoms with E-state index in [2.05, 4.69) is 0 Å². The third-order valence-electron chi connectivity index (χ3n) is 2.70. The molecule has 1 aromatic carbocycles. The average Bonchev–Trinajstić information content (AvgIpc) is 2.39. The molecule has 1 saturated heterocycles. The van der Waals surface area contributed by atoms with Crippen LogP contribution in [0.5, 0.6) is 5.75 Å². The van der Waals surface area contributed by atoms with E-state index in [4.69, 9.17) is 4.74 Å². The lowest BCUT2D eigenvalue weighted by Gasteiger charge is -2.26. The summed E-state index contributed by atoms with van der Waals surface area (Å²) >= 11 is 1.81. The Bertz CT molecular complexity index is 419. The molecule has 0 atom stereocenters. The summed E-state index contributed by atoms with van der Waals surface area (Å²) < 4.78 is 18.6. The molecule has 0 aliphatic carbocycles. The molecular formula is C12H14FNO2S. The number of nitrogens with zero attached hydrogens (tertiary/aromatic N) is 1. The number of halogens is 1. The number of carbonyl (C=O) groups excluding carboxylic acids is 1. The lowest BCUT2D eigenvalue weighted by molar-refractivity contribution is 0.0767. The highest BCUT2D eigenvalue weighted by Crippen LogP contribution is 2.20. The van der Waals surface area contributed by atoms with Crippen LogP contribution in [0.2, 0.25) is 0 Å². The van der Waals surface area contributed by atoms with Gasteiger partial charge in [0.2, 0.25) is 0 Å². The number of carbonyl (C=O) groups is 1. The van der Waals surface area contributed by atoms with Crippen molar-refractivity contribution in [3.63, 3.8) is 0 Å². The minimum absolute atomic E-state index is 0.0938. The van der Waals surface area contributed by atoms with Crippen LogP contribution in [0.25, 0.3) is 0 Å². The molecule has 0 aromatic heterocycles. The third kappa shape index (κ3) is 2.72. The quantitative estimate of drug-likeness (QED) is 0.809. The van der Waals surface area contributed by atoms with Crippen LogP contribution in [0.4, 0.5) is 4.39 Å². The molecule has 1 aromatic rings. The highest BCUT2D eigenvalue weighted by atomic mass is 32.2. The van der Waals surface area contributed by atoms with Crippen molar-refractivity contribution < 1.29 is 13.9 Å². The maximum absolute atomic E-state index is 13.6. The predicted octanol–water partition coefficient (Wildman–Crippen LogP) is 2.02. The van der Waals surface area contributed by atoms with Gasteiger partial charge in [-0.15, -0.1) is 0 Å². The Labute approximate surface area is 104 Å².